The average molecular weight is 292 g/mol. The monoisotopic (exact) mass is 292 g/mol. The Bertz CT molecular complexity index is 497. The van der Waals surface area contributed by atoms with Gasteiger partial charge in [-0.25, -0.2) is 4.98 Å². The van der Waals surface area contributed by atoms with Crippen LogP contribution in [0.3, 0.4) is 0 Å². The highest BCUT2D eigenvalue weighted by molar-refractivity contribution is 5.94. The number of aromatic nitrogens is 1. The fraction of sp³-hybridized carbons (Fsp3) is 0.500. The molecular formula is C14H20N4O3. The van der Waals surface area contributed by atoms with Crippen LogP contribution < -0.4 is 16.0 Å². The lowest BCUT2D eigenvalue weighted by Gasteiger charge is -2.16. The van der Waals surface area contributed by atoms with E-state index < -0.39 is 17.9 Å². The van der Waals surface area contributed by atoms with E-state index in [1.165, 1.54) is 12.8 Å². The van der Waals surface area contributed by atoms with Crippen molar-refractivity contribution in [1.29, 1.82) is 0 Å². The molecule has 1 fully saturated rings. The van der Waals surface area contributed by atoms with Crippen LogP contribution in [0.4, 0.5) is 11.5 Å². The minimum atomic E-state index is -0.963. The molecule has 0 saturated carbocycles. The molecule has 1 atom stereocenters. The molecule has 0 spiro atoms. The first-order valence-corrected chi connectivity index (χ1v) is 7.05. The number of carbonyl (C=O) groups is 2. The SMILES string of the molecule is NC(CCC(=O)O)C(=O)Nc1ccc(N2CCCC2)nc1. The van der Waals surface area contributed by atoms with Crippen molar-refractivity contribution in [2.45, 2.75) is 31.7 Å². The smallest absolute Gasteiger partial charge is 0.303 e. The second kappa shape index (κ2) is 7.03. The van der Waals surface area contributed by atoms with E-state index in [0.717, 1.165) is 18.9 Å². The molecule has 7 nitrogen and oxygen atoms in total. The first kappa shape index (κ1) is 15.2. The molecule has 1 aliphatic heterocycles. The first-order valence-electron chi connectivity index (χ1n) is 7.05. The minimum Gasteiger partial charge on any atom is -0.481 e. The van der Waals surface area contributed by atoms with Crippen LogP contribution in [0, 0.1) is 0 Å². The number of nitrogens with two attached hydrogens (primary N) is 1. The van der Waals surface area contributed by atoms with Crippen molar-refractivity contribution >= 4 is 23.4 Å². The molecule has 1 amide bonds. The number of amides is 1. The van der Waals surface area contributed by atoms with Gasteiger partial charge in [-0.1, -0.05) is 0 Å². The third kappa shape index (κ3) is 4.42. The van der Waals surface area contributed by atoms with Crippen molar-refractivity contribution in [2.75, 3.05) is 23.3 Å². The summed E-state index contributed by atoms with van der Waals surface area (Å²) in [6.45, 7) is 2.03. The van der Waals surface area contributed by atoms with Gasteiger partial charge in [0.15, 0.2) is 0 Å². The van der Waals surface area contributed by atoms with Crippen LogP contribution in [0.2, 0.25) is 0 Å². The molecule has 7 heteroatoms. The number of rotatable bonds is 6. The summed E-state index contributed by atoms with van der Waals surface area (Å²) in [5.74, 6) is -0.456. The van der Waals surface area contributed by atoms with Crippen LogP contribution >= 0.6 is 0 Å². The molecule has 2 heterocycles. The number of carboxylic acids is 1. The third-order valence-electron chi connectivity index (χ3n) is 3.45. The Labute approximate surface area is 123 Å². The standard InChI is InChI=1S/C14H20N4O3/c15-11(4-6-13(19)20)14(21)17-10-3-5-12(16-9-10)18-7-1-2-8-18/h3,5,9,11H,1-2,4,6-8,15H2,(H,17,21)(H,19,20). The number of nitrogens with one attached hydrogen (secondary N) is 1. The summed E-state index contributed by atoms with van der Waals surface area (Å²) in [6, 6.07) is 2.81. The number of carboxylic acid groups (broad SMARTS) is 1. The highest BCUT2D eigenvalue weighted by Crippen LogP contribution is 2.19. The van der Waals surface area contributed by atoms with Crippen LogP contribution in [-0.2, 0) is 9.59 Å². The Kier molecular flexibility index (Phi) is 5.10. The quantitative estimate of drug-likeness (QED) is 0.716. The maximum Gasteiger partial charge on any atom is 0.303 e. The van der Waals surface area contributed by atoms with Crippen molar-refractivity contribution in [1.82, 2.24) is 4.98 Å². The fourth-order valence-corrected chi connectivity index (χ4v) is 2.24. The molecular weight excluding hydrogens is 272 g/mol. The number of carbonyl (C=O) groups excluding carboxylic acids is 1. The van der Waals surface area contributed by atoms with Crippen molar-refractivity contribution in [2.24, 2.45) is 5.73 Å². The number of nitrogens with zero attached hydrogens (tertiary/aromatic N) is 2. The van der Waals surface area contributed by atoms with E-state index in [1.54, 1.807) is 12.3 Å². The topological polar surface area (TPSA) is 109 Å². The molecule has 2 rings (SSSR count). The second-order valence-corrected chi connectivity index (χ2v) is 5.13. The molecule has 0 bridgehead atoms. The lowest BCUT2D eigenvalue weighted by atomic mass is 10.1. The molecule has 0 aliphatic carbocycles. The van der Waals surface area contributed by atoms with Crippen LogP contribution in [0.5, 0.6) is 0 Å². The number of pyridine rings is 1. The minimum absolute atomic E-state index is 0.112. The van der Waals surface area contributed by atoms with Crippen LogP contribution in [-0.4, -0.2) is 41.1 Å². The average Bonchev–Trinajstić information content (AvgIpc) is 2.99. The Hall–Kier alpha value is -2.15. The Morgan fingerprint density at radius 2 is 2.10 bits per heavy atom. The normalized spacial score (nSPS) is 15.8. The molecule has 0 radical (unpaired) electrons. The van der Waals surface area contributed by atoms with Gasteiger partial charge in [0.2, 0.25) is 5.91 Å². The van der Waals surface area contributed by atoms with Crippen LogP contribution in [0.1, 0.15) is 25.7 Å². The zero-order valence-corrected chi connectivity index (χ0v) is 11.8. The van der Waals surface area contributed by atoms with Gasteiger partial charge >= 0.3 is 5.97 Å². The molecule has 0 aromatic carbocycles. The summed E-state index contributed by atoms with van der Waals surface area (Å²) in [7, 11) is 0. The molecule has 114 valence electrons. The van der Waals surface area contributed by atoms with E-state index in [4.69, 9.17) is 10.8 Å². The molecule has 1 aliphatic rings. The van der Waals surface area contributed by atoms with Crippen molar-refractivity contribution < 1.29 is 14.7 Å². The van der Waals surface area contributed by atoms with Gasteiger partial charge in [-0.2, -0.15) is 0 Å². The molecule has 1 aromatic heterocycles. The number of hydrogen-bond acceptors (Lipinski definition) is 5. The molecule has 1 aromatic rings. The predicted octanol–water partition coefficient (Wildman–Crippen LogP) is 0.812. The number of anilines is 2. The van der Waals surface area contributed by atoms with E-state index in [-0.39, 0.29) is 12.8 Å². The first-order chi connectivity index (χ1) is 10.1. The van der Waals surface area contributed by atoms with E-state index >= 15 is 0 Å². The largest absolute Gasteiger partial charge is 0.481 e. The van der Waals surface area contributed by atoms with Gasteiger partial charge in [0.1, 0.15) is 5.82 Å². The third-order valence-corrected chi connectivity index (χ3v) is 3.45. The highest BCUT2D eigenvalue weighted by Gasteiger charge is 2.16. The summed E-state index contributed by atoms with van der Waals surface area (Å²) in [4.78, 5) is 28.8. The Balaban J connectivity index is 1.87. The van der Waals surface area contributed by atoms with Gasteiger partial charge in [0.25, 0.3) is 0 Å². The van der Waals surface area contributed by atoms with Crippen molar-refractivity contribution in [3.8, 4) is 0 Å². The van der Waals surface area contributed by atoms with Crippen LogP contribution in [0.15, 0.2) is 18.3 Å². The predicted molar refractivity (Wildman–Crippen MR) is 79.2 cm³/mol. The lowest BCUT2D eigenvalue weighted by Crippen LogP contribution is -2.36. The Morgan fingerprint density at radius 3 is 2.67 bits per heavy atom. The van der Waals surface area contributed by atoms with E-state index in [9.17, 15) is 9.59 Å². The summed E-state index contributed by atoms with van der Waals surface area (Å²) >= 11 is 0. The summed E-state index contributed by atoms with van der Waals surface area (Å²) < 4.78 is 0. The van der Waals surface area contributed by atoms with Gasteiger partial charge in [-0.15, -0.1) is 0 Å². The maximum absolute atomic E-state index is 11.8. The van der Waals surface area contributed by atoms with E-state index in [0.29, 0.717) is 5.69 Å². The summed E-state index contributed by atoms with van der Waals surface area (Å²) in [5.41, 5.74) is 6.20. The van der Waals surface area contributed by atoms with Gasteiger partial charge < -0.3 is 21.1 Å². The zero-order chi connectivity index (χ0) is 15.2. The number of aliphatic carboxylic acids is 1. The molecule has 1 saturated heterocycles. The maximum atomic E-state index is 11.8. The Morgan fingerprint density at radius 1 is 1.38 bits per heavy atom. The molecule has 21 heavy (non-hydrogen) atoms. The molecule has 4 N–H and O–H groups in total. The van der Waals surface area contributed by atoms with Crippen LogP contribution in [0.25, 0.3) is 0 Å². The lowest BCUT2D eigenvalue weighted by molar-refractivity contribution is -0.137. The summed E-state index contributed by atoms with van der Waals surface area (Å²) in [6.07, 6.45) is 3.94. The fourth-order valence-electron chi connectivity index (χ4n) is 2.24. The zero-order valence-electron chi connectivity index (χ0n) is 11.8. The van der Waals surface area contributed by atoms with Crippen molar-refractivity contribution in [3.05, 3.63) is 18.3 Å². The summed E-state index contributed by atoms with van der Waals surface area (Å²) in [5, 5.41) is 11.2. The van der Waals surface area contributed by atoms with Gasteiger partial charge in [0, 0.05) is 19.5 Å². The van der Waals surface area contributed by atoms with E-state index in [1.807, 2.05) is 6.07 Å². The van der Waals surface area contributed by atoms with Crippen molar-refractivity contribution in [3.63, 3.8) is 0 Å². The van der Waals surface area contributed by atoms with Gasteiger partial charge in [-0.05, 0) is 31.4 Å². The highest BCUT2D eigenvalue weighted by atomic mass is 16.4. The van der Waals surface area contributed by atoms with Gasteiger partial charge in [0.05, 0.1) is 17.9 Å². The number of hydrogen-bond donors (Lipinski definition) is 3. The molecule has 1 unspecified atom stereocenters. The van der Waals surface area contributed by atoms with Gasteiger partial charge in [-0.3, -0.25) is 9.59 Å². The van der Waals surface area contributed by atoms with E-state index in [2.05, 4.69) is 15.2 Å². The second-order valence-electron chi connectivity index (χ2n) is 5.13.